The van der Waals surface area contributed by atoms with Crippen molar-refractivity contribution in [2.45, 2.75) is 26.3 Å². The fourth-order valence-electron chi connectivity index (χ4n) is 1.13. The second kappa shape index (κ2) is 4.58. The molecule has 0 radical (unpaired) electrons. The fourth-order valence-corrected chi connectivity index (χ4v) is 1.24. The first-order valence-corrected chi connectivity index (χ1v) is 4.90. The molecule has 1 heterocycles. The van der Waals surface area contributed by atoms with Crippen molar-refractivity contribution in [2.75, 3.05) is 0 Å². The summed E-state index contributed by atoms with van der Waals surface area (Å²) in [6, 6.07) is 3.73. The molecule has 2 N–H and O–H groups in total. The fraction of sp³-hybridized carbons (Fsp3) is 0.500. The van der Waals surface area contributed by atoms with Crippen LogP contribution in [-0.2, 0) is 0 Å². The van der Waals surface area contributed by atoms with Crippen molar-refractivity contribution in [1.29, 1.82) is 0 Å². The number of pyridine rings is 1. The molecule has 0 saturated carbocycles. The molecule has 0 aliphatic rings. The highest BCUT2D eigenvalue weighted by atomic mass is 35.5. The third-order valence-electron chi connectivity index (χ3n) is 2.35. The van der Waals surface area contributed by atoms with Crippen molar-refractivity contribution in [3.8, 4) is 0 Å². The van der Waals surface area contributed by atoms with Gasteiger partial charge in [-0.25, -0.2) is 0 Å². The van der Waals surface area contributed by atoms with Gasteiger partial charge in [0, 0.05) is 12.2 Å². The third-order valence-corrected chi connectivity index (χ3v) is 2.57. The van der Waals surface area contributed by atoms with Crippen LogP contribution in [0.25, 0.3) is 0 Å². The lowest BCUT2D eigenvalue weighted by atomic mass is 9.97. The van der Waals surface area contributed by atoms with Crippen LogP contribution in [0.2, 0.25) is 5.02 Å². The van der Waals surface area contributed by atoms with Gasteiger partial charge in [-0.3, -0.25) is 4.98 Å². The molecule has 13 heavy (non-hydrogen) atoms. The molecule has 2 unspecified atom stereocenters. The molecule has 0 aromatic carbocycles. The van der Waals surface area contributed by atoms with Crippen molar-refractivity contribution in [1.82, 2.24) is 4.98 Å². The Balaban J connectivity index is 2.77. The Morgan fingerprint density at radius 2 is 2.23 bits per heavy atom. The van der Waals surface area contributed by atoms with Gasteiger partial charge < -0.3 is 5.73 Å². The summed E-state index contributed by atoms with van der Waals surface area (Å²) < 4.78 is 0. The van der Waals surface area contributed by atoms with Crippen LogP contribution in [0, 0.1) is 5.92 Å². The van der Waals surface area contributed by atoms with Crippen molar-refractivity contribution < 1.29 is 0 Å². The molecule has 2 atom stereocenters. The van der Waals surface area contributed by atoms with E-state index in [1.807, 2.05) is 12.1 Å². The first-order chi connectivity index (χ1) is 6.15. The lowest BCUT2D eigenvalue weighted by molar-refractivity contribution is 0.448. The number of aromatic nitrogens is 1. The van der Waals surface area contributed by atoms with Crippen LogP contribution >= 0.6 is 11.6 Å². The molecule has 1 rings (SSSR count). The standard InChI is InChI=1S/C10H15ClN2/c1-3-7(2)10(12)9-5-4-8(11)6-13-9/h4-7,10H,3,12H2,1-2H3. The highest BCUT2D eigenvalue weighted by Gasteiger charge is 2.13. The molecule has 0 aliphatic heterocycles. The largest absolute Gasteiger partial charge is 0.322 e. The molecular formula is C10H15ClN2. The van der Waals surface area contributed by atoms with Crippen LogP contribution in [0.3, 0.4) is 0 Å². The third kappa shape index (κ3) is 2.68. The Hall–Kier alpha value is -0.600. The van der Waals surface area contributed by atoms with Gasteiger partial charge in [0.15, 0.2) is 0 Å². The summed E-state index contributed by atoms with van der Waals surface area (Å²) >= 11 is 5.73. The van der Waals surface area contributed by atoms with Crippen LogP contribution in [0.4, 0.5) is 0 Å². The Morgan fingerprint density at radius 3 is 2.69 bits per heavy atom. The van der Waals surface area contributed by atoms with Crippen molar-refractivity contribution in [3.05, 3.63) is 29.0 Å². The van der Waals surface area contributed by atoms with Crippen molar-refractivity contribution in [2.24, 2.45) is 11.7 Å². The van der Waals surface area contributed by atoms with Gasteiger partial charge in [-0.15, -0.1) is 0 Å². The van der Waals surface area contributed by atoms with E-state index in [2.05, 4.69) is 18.8 Å². The maximum absolute atomic E-state index is 5.99. The molecule has 0 spiro atoms. The predicted octanol–water partition coefficient (Wildman–Crippen LogP) is 2.78. The zero-order chi connectivity index (χ0) is 9.84. The van der Waals surface area contributed by atoms with E-state index < -0.39 is 0 Å². The number of rotatable bonds is 3. The second-order valence-corrected chi connectivity index (χ2v) is 3.75. The van der Waals surface area contributed by atoms with E-state index in [4.69, 9.17) is 17.3 Å². The van der Waals surface area contributed by atoms with E-state index in [1.165, 1.54) is 0 Å². The van der Waals surface area contributed by atoms with E-state index in [0.29, 0.717) is 10.9 Å². The van der Waals surface area contributed by atoms with Gasteiger partial charge in [0.1, 0.15) is 0 Å². The van der Waals surface area contributed by atoms with Gasteiger partial charge >= 0.3 is 0 Å². The molecule has 1 aromatic heterocycles. The van der Waals surface area contributed by atoms with Crippen LogP contribution in [0.1, 0.15) is 32.0 Å². The van der Waals surface area contributed by atoms with Gasteiger partial charge in [-0.1, -0.05) is 31.9 Å². The van der Waals surface area contributed by atoms with Crippen LogP contribution in [0.5, 0.6) is 0 Å². The lowest BCUT2D eigenvalue weighted by Gasteiger charge is -2.17. The van der Waals surface area contributed by atoms with Gasteiger partial charge in [0.2, 0.25) is 0 Å². The molecule has 0 fully saturated rings. The Morgan fingerprint density at radius 1 is 1.54 bits per heavy atom. The summed E-state index contributed by atoms with van der Waals surface area (Å²) in [5.41, 5.74) is 6.91. The Labute approximate surface area is 84.1 Å². The summed E-state index contributed by atoms with van der Waals surface area (Å²) in [6.07, 6.45) is 2.70. The molecule has 0 aliphatic carbocycles. The minimum Gasteiger partial charge on any atom is -0.322 e. The highest BCUT2D eigenvalue weighted by Crippen LogP contribution is 2.20. The first-order valence-electron chi connectivity index (χ1n) is 4.52. The summed E-state index contributed by atoms with van der Waals surface area (Å²) in [5.74, 6) is 0.452. The number of nitrogens with two attached hydrogens (primary N) is 1. The summed E-state index contributed by atoms with van der Waals surface area (Å²) in [4.78, 5) is 4.19. The van der Waals surface area contributed by atoms with E-state index in [9.17, 15) is 0 Å². The molecular weight excluding hydrogens is 184 g/mol. The number of hydrogen-bond donors (Lipinski definition) is 1. The van der Waals surface area contributed by atoms with E-state index >= 15 is 0 Å². The average Bonchev–Trinajstić information content (AvgIpc) is 2.17. The van der Waals surface area contributed by atoms with E-state index in [1.54, 1.807) is 6.20 Å². The minimum absolute atomic E-state index is 0.0160. The van der Waals surface area contributed by atoms with Crippen LogP contribution in [-0.4, -0.2) is 4.98 Å². The Kier molecular flexibility index (Phi) is 3.70. The maximum Gasteiger partial charge on any atom is 0.0589 e. The molecule has 0 amide bonds. The molecule has 72 valence electrons. The molecule has 0 saturated heterocycles. The number of halogens is 1. The Bertz CT molecular complexity index is 258. The molecule has 2 nitrogen and oxygen atoms in total. The van der Waals surface area contributed by atoms with Crippen molar-refractivity contribution >= 4 is 11.6 Å². The number of nitrogens with zero attached hydrogens (tertiary/aromatic N) is 1. The second-order valence-electron chi connectivity index (χ2n) is 3.31. The zero-order valence-electron chi connectivity index (χ0n) is 8.00. The van der Waals surface area contributed by atoms with Gasteiger partial charge in [-0.2, -0.15) is 0 Å². The SMILES string of the molecule is CCC(C)C(N)c1ccc(Cl)cn1. The summed E-state index contributed by atoms with van der Waals surface area (Å²) in [6.45, 7) is 4.25. The maximum atomic E-state index is 5.99. The monoisotopic (exact) mass is 198 g/mol. The smallest absolute Gasteiger partial charge is 0.0589 e. The normalized spacial score (nSPS) is 15.4. The predicted molar refractivity (Wildman–Crippen MR) is 55.6 cm³/mol. The minimum atomic E-state index is 0.0160. The van der Waals surface area contributed by atoms with Crippen LogP contribution < -0.4 is 5.73 Å². The average molecular weight is 199 g/mol. The molecule has 0 bridgehead atoms. The highest BCUT2D eigenvalue weighted by molar-refractivity contribution is 6.30. The van der Waals surface area contributed by atoms with Gasteiger partial charge in [0.05, 0.1) is 10.7 Å². The molecule has 3 heteroatoms. The summed E-state index contributed by atoms with van der Waals surface area (Å²) in [7, 11) is 0. The van der Waals surface area contributed by atoms with E-state index in [-0.39, 0.29) is 6.04 Å². The summed E-state index contributed by atoms with van der Waals surface area (Å²) in [5, 5.41) is 0.653. The topological polar surface area (TPSA) is 38.9 Å². The van der Waals surface area contributed by atoms with Gasteiger partial charge in [-0.05, 0) is 18.1 Å². The lowest BCUT2D eigenvalue weighted by Crippen LogP contribution is -2.19. The van der Waals surface area contributed by atoms with Gasteiger partial charge in [0.25, 0.3) is 0 Å². The quantitative estimate of drug-likeness (QED) is 0.811. The first kappa shape index (κ1) is 10.5. The van der Waals surface area contributed by atoms with Crippen LogP contribution in [0.15, 0.2) is 18.3 Å². The number of hydrogen-bond acceptors (Lipinski definition) is 2. The zero-order valence-corrected chi connectivity index (χ0v) is 8.75. The van der Waals surface area contributed by atoms with Crippen molar-refractivity contribution in [3.63, 3.8) is 0 Å². The molecule has 1 aromatic rings. The van der Waals surface area contributed by atoms with E-state index in [0.717, 1.165) is 12.1 Å².